The highest BCUT2D eigenvalue weighted by molar-refractivity contribution is 7.99. The molecule has 0 radical (unpaired) electrons. The first kappa shape index (κ1) is 23.4. The topological polar surface area (TPSA) is 94.6 Å². The first-order chi connectivity index (χ1) is 14.5. The van der Waals surface area contributed by atoms with Crippen molar-refractivity contribution in [1.82, 2.24) is 10.3 Å². The van der Waals surface area contributed by atoms with E-state index < -0.39 is 12.1 Å². The van der Waals surface area contributed by atoms with Crippen molar-refractivity contribution in [1.29, 1.82) is 0 Å². The standard InChI is InChI=1S/C22H26N2O5S/c1-4-16-7-10-19(23-12-16)20(29-15(2)26)13-28-18-8-5-17(6-9-18)11-21(30-3)22(27)24-14-25/h5-10,12,14,20-21H,4,11,13H2,1-3H3,(H,24,25,27). The minimum absolute atomic E-state index is 0.132. The molecule has 2 unspecified atom stereocenters. The number of nitrogens with one attached hydrogen (secondary N) is 1. The zero-order chi connectivity index (χ0) is 21.9. The monoisotopic (exact) mass is 430 g/mol. The molecule has 2 aromatic rings. The van der Waals surface area contributed by atoms with Crippen LogP contribution >= 0.6 is 11.8 Å². The smallest absolute Gasteiger partial charge is 0.303 e. The van der Waals surface area contributed by atoms with E-state index in [1.807, 2.05) is 37.4 Å². The summed E-state index contributed by atoms with van der Waals surface area (Å²) in [6, 6.07) is 11.1. The van der Waals surface area contributed by atoms with Crippen molar-refractivity contribution in [3.8, 4) is 5.75 Å². The molecular weight excluding hydrogens is 404 g/mol. The Bertz CT molecular complexity index is 840. The third-order valence-electron chi connectivity index (χ3n) is 4.42. The van der Waals surface area contributed by atoms with Crippen molar-refractivity contribution in [3.63, 3.8) is 0 Å². The summed E-state index contributed by atoms with van der Waals surface area (Å²) in [5, 5.41) is 1.83. The van der Waals surface area contributed by atoms with Crippen molar-refractivity contribution < 1.29 is 23.9 Å². The Morgan fingerprint density at radius 2 is 1.87 bits per heavy atom. The van der Waals surface area contributed by atoms with Gasteiger partial charge < -0.3 is 9.47 Å². The lowest BCUT2D eigenvalue weighted by Crippen LogP contribution is -2.32. The number of imide groups is 1. The molecule has 0 saturated heterocycles. The number of aryl methyl sites for hydroxylation is 1. The zero-order valence-electron chi connectivity index (χ0n) is 17.3. The van der Waals surface area contributed by atoms with Gasteiger partial charge in [0.15, 0.2) is 6.10 Å². The molecule has 160 valence electrons. The van der Waals surface area contributed by atoms with Gasteiger partial charge in [-0.05, 0) is 48.4 Å². The Morgan fingerprint density at radius 3 is 2.40 bits per heavy atom. The van der Waals surface area contributed by atoms with Crippen molar-refractivity contribution in [2.24, 2.45) is 0 Å². The number of ether oxygens (including phenoxy) is 2. The van der Waals surface area contributed by atoms with E-state index >= 15 is 0 Å². The van der Waals surface area contributed by atoms with Gasteiger partial charge in [-0.25, -0.2) is 0 Å². The summed E-state index contributed by atoms with van der Waals surface area (Å²) in [5.41, 5.74) is 2.67. The van der Waals surface area contributed by atoms with Crippen LogP contribution < -0.4 is 10.1 Å². The Balaban J connectivity index is 2.00. The SMILES string of the molecule is CCc1ccc(C(COc2ccc(CC(SC)C(=O)NC=O)cc2)OC(C)=O)nc1. The van der Waals surface area contributed by atoms with Gasteiger partial charge in [-0.3, -0.25) is 24.7 Å². The van der Waals surface area contributed by atoms with Crippen LogP contribution in [0.1, 0.15) is 36.8 Å². The van der Waals surface area contributed by atoms with Gasteiger partial charge in [-0.1, -0.05) is 25.1 Å². The van der Waals surface area contributed by atoms with Crippen LogP contribution in [0.3, 0.4) is 0 Å². The summed E-state index contributed by atoms with van der Waals surface area (Å²) < 4.78 is 11.2. The van der Waals surface area contributed by atoms with E-state index in [4.69, 9.17) is 9.47 Å². The molecule has 1 N–H and O–H groups in total. The number of benzene rings is 1. The Hall–Kier alpha value is -2.87. The van der Waals surface area contributed by atoms with Crippen LogP contribution in [0.4, 0.5) is 0 Å². The Labute approximate surface area is 180 Å². The number of thioether (sulfide) groups is 1. The fourth-order valence-electron chi connectivity index (χ4n) is 2.76. The number of hydrogen-bond donors (Lipinski definition) is 1. The maximum Gasteiger partial charge on any atom is 0.303 e. The number of esters is 1. The molecule has 30 heavy (non-hydrogen) atoms. The molecule has 8 heteroatoms. The molecule has 0 bridgehead atoms. The van der Waals surface area contributed by atoms with Gasteiger partial charge in [0.25, 0.3) is 0 Å². The summed E-state index contributed by atoms with van der Waals surface area (Å²) >= 11 is 1.38. The third-order valence-corrected chi connectivity index (χ3v) is 5.37. The number of hydrogen-bond acceptors (Lipinski definition) is 7. The highest BCUT2D eigenvalue weighted by atomic mass is 32.2. The molecule has 0 aliphatic rings. The second-order valence-corrected chi connectivity index (χ2v) is 7.59. The number of rotatable bonds is 11. The maximum absolute atomic E-state index is 11.9. The largest absolute Gasteiger partial charge is 0.489 e. The molecule has 2 rings (SSSR count). The minimum atomic E-state index is -0.610. The van der Waals surface area contributed by atoms with Gasteiger partial charge in [0, 0.05) is 13.1 Å². The van der Waals surface area contributed by atoms with Gasteiger partial charge in [0.2, 0.25) is 12.3 Å². The van der Waals surface area contributed by atoms with E-state index in [1.165, 1.54) is 18.7 Å². The van der Waals surface area contributed by atoms with Gasteiger partial charge in [-0.2, -0.15) is 11.8 Å². The fraction of sp³-hybridized carbons (Fsp3) is 0.364. The average molecular weight is 431 g/mol. The van der Waals surface area contributed by atoms with Crippen molar-refractivity contribution in [3.05, 3.63) is 59.4 Å². The van der Waals surface area contributed by atoms with E-state index in [9.17, 15) is 14.4 Å². The van der Waals surface area contributed by atoms with Crippen LogP contribution in [0.2, 0.25) is 0 Å². The quantitative estimate of drug-likeness (QED) is 0.433. The summed E-state index contributed by atoms with van der Waals surface area (Å²) in [6.07, 6.45) is 4.74. The first-order valence-electron chi connectivity index (χ1n) is 9.57. The summed E-state index contributed by atoms with van der Waals surface area (Å²) in [6.45, 7) is 3.53. The summed E-state index contributed by atoms with van der Waals surface area (Å²) in [5.74, 6) is -0.111. The predicted molar refractivity (Wildman–Crippen MR) is 115 cm³/mol. The molecular formula is C22H26N2O5S. The van der Waals surface area contributed by atoms with E-state index in [-0.39, 0.29) is 17.8 Å². The lowest BCUT2D eigenvalue weighted by Gasteiger charge is -2.18. The van der Waals surface area contributed by atoms with Crippen molar-refractivity contribution in [2.75, 3.05) is 12.9 Å². The van der Waals surface area contributed by atoms with Gasteiger partial charge >= 0.3 is 5.97 Å². The van der Waals surface area contributed by atoms with Crippen LogP contribution in [-0.2, 0) is 32.0 Å². The number of nitrogens with zero attached hydrogens (tertiary/aromatic N) is 1. The Morgan fingerprint density at radius 1 is 1.17 bits per heavy atom. The summed E-state index contributed by atoms with van der Waals surface area (Å²) in [7, 11) is 0. The minimum Gasteiger partial charge on any atom is -0.489 e. The fourth-order valence-corrected chi connectivity index (χ4v) is 3.40. The van der Waals surface area contributed by atoms with Crippen molar-refractivity contribution in [2.45, 2.75) is 38.0 Å². The normalized spacial score (nSPS) is 12.5. The molecule has 2 amide bonds. The van der Waals surface area contributed by atoms with E-state index in [1.54, 1.807) is 18.3 Å². The van der Waals surface area contributed by atoms with Gasteiger partial charge in [-0.15, -0.1) is 0 Å². The van der Waals surface area contributed by atoms with Gasteiger partial charge in [0.1, 0.15) is 12.4 Å². The molecule has 0 aliphatic carbocycles. The third kappa shape index (κ3) is 7.18. The number of carbonyl (C=O) groups is 3. The van der Waals surface area contributed by atoms with Crippen LogP contribution in [0.15, 0.2) is 42.6 Å². The molecule has 1 heterocycles. The predicted octanol–water partition coefficient (Wildman–Crippen LogP) is 2.87. The lowest BCUT2D eigenvalue weighted by molar-refractivity contribution is -0.148. The highest BCUT2D eigenvalue weighted by Gasteiger charge is 2.19. The molecule has 0 spiro atoms. The second kappa shape index (κ2) is 12.0. The van der Waals surface area contributed by atoms with Crippen LogP contribution in [0, 0.1) is 0 Å². The van der Waals surface area contributed by atoms with E-state index in [0.717, 1.165) is 17.5 Å². The molecule has 0 saturated carbocycles. The van der Waals surface area contributed by atoms with Crippen LogP contribution in [0.25, 0.3) is 0 Å². The first-order valence-corrected chi connectivity index (χ1v) is 10.9. The number of aromatic nitrogens is 1. The molecule has 2 atom stereocenters. The number of pyridine rings is 1. The van der Waals surface area contributed by atoms with Crippen molar-refractivity contribution >= 4 is 30.0 Å². The van der Waals surface area contributed by atoms with E-state index in [0.29, 0.717) is 24.3 Å². The maximum atomic E-state index is 11.9. The van der Waals surface area contributed by atoms with Crippen LogP contribution in [-0.4, -0.2) is 41.4 Å². The van der Waals surface area contributed by atoms with Crippen LogP contribution in [0.5, 0.6) is 5.75 Å². The molecule has 0 fully saturated rings. The summed E-state index contributed by atoms with van der Waals surface area (Å²) in [4.78, 5) is 38.2. The molecule has 1 aromatic heterocycles. The zero-order valence-corrected chi connectivity index (χ0v) is 18.1. The molecule has 7 nitrogen and oxygen atoms in total. The van der Waals surface area contributed by atoms with E-state index in [2.05, 4.69) is 10.3 Å². The second-order valence-electron chi connectivity index (χ2n) is 6.55. The lowest BCUT2D eigenvalue weighted by atomic mass is 10.1. The highest BCUT2D eigenvalue weighted by Crippen LogP contribution is 2.21. The molecule has 1 aromatic carbocycles. The van der Waals surface area contributed by atoms with Gasteiger partial charge in [0.05, 0.1) is 10.9 Å². The number of amides is 2. The molecule has 0 aliphatic heterocycles. The Kier molecular flexibility index (Phi) is 9.34. The number of carbonyl (C=O) groups excluding carboxylic acids is 3. The average Bonchev–Trinajstić information content (AvgIpc) is 2.75.